The largest absolute Gasteiger partial charge is 0.438 e. The summed E-state index contributed by atoms with van der Waals surface area (Å²) in [6, 6.07) is 14.6. The third-order valence-corrected chi connectivity index (χ3v) is 6.17. The number of nitrogens with zero attached hydrogens (tertiary/aromatic N) is 4. The lowest BCUT2D eigenvalue weighted by molar-refractivity contribution is 0.454. The number of rotatable bonds is 6. The highest BCUT2D eigenvalue weighted by molar-refractivity contribution is 7.92. The molecule has 2 heterocycles. The van der Waals surface area contributed by atoms with Gasteiger partial charge in [-0.3, -0.25) is 9.29 Å². The van der Waals surface area contributed by atoms with Crippen LogP contribution in [0.1, 0.15) is 5.56 Å². The number of halogens is 1. The van der Waals surface area contributed by atoms with Gasteiger partial charge in [0.25, 0.3) is 10.0 Å². The Morgan fingerprint density at radius 2 is 1.83 bits per heavy atom. The molecule has 0 atom stereocenters. The van der Waals surface area contributed by atoms with E-state index in [-0.39, 0.29) is 4.90 Å². The van der Waals surface area contributed by atoms with Crippen LogP contribution in [0.4, 0.5) is 5.69 Å². The molecule has 0 radical (unpaired) electrons. The highest BCUT2D eigenvalue weighted by Gasteiger charge is 2.18. The lowest BCUT2D eigenvalue weighted by atomic mass is 10.2. The minimum Gasteiger partial charge on any atom is -0.438 e. The number of aromatic nitrogens is 4. The maximum Gasteiger partial charge on any atom is 0.262 e. The zero-order chi connectivity index (χ0) is 21.1. The molecule has 0 bridgehead atoms. The fraction of sp³-hybridized carbons (Fsp3) is 0.0500. The fourth-order valence-corrected chi connectivity index (χ4v) is 4.26. The molecule has 0 fully saturated rings. The number of anilines is 1. The molecule has 10 heteroatoms. The molecule has 0 saturated carbocycles. The predicted molar refractivity (Wildman–Crippen MR) is 113 cm³/mol. The van der Waals surface area contributed by atoms with Crippen molar-refractivity contribution in [3.05, 3.63) is 83.9 Å². The predicted octanol–water partition coefficient (Wildman–Crippen LogP) is 4.22. The van der Waals surface area contributed by atoms with Gasteiger partial charge in [0.2, 0.25) is 5.88 Å². The number of benzene rings is 2. The minimum absolute atomic E-state index is 0.128. The molecule has 0 spiro atoms. The Hall–Kier alpha value is -3.43. The summed E-state index contributed by atoms with van der Waals surface area (Å²) in [5.74, 6) is 1.41. The number of hydrogen-bond acceptors (Lipinski definition) is 6. The Balaban J connectivity index is 1.46. The summed E-state index contributed by atoms with van der Waals surface area (Å²) in [7, 11) is -3.77. The average molecular weight is 442 g/mol. The number of imidazole rings is 1. The Kier molecular flexibility index (Phi) is 5.39. The van der Waals surface area contributed by atoms with E-state index in [1.165, 1.54) is 6.07 Å². The second kappa shape index (κ2) is 8.13. The summed E-state index contributed by atoms with van der Waals surface area (Å²) in [4.78, 5) is 4.09. The van der Waals surface area contributed by atoms with Gasteiger partial charge in [-0.05, 0) is 55.0 Å². The van der Waals surface area contributed by atoms with Gasteiger partial charge in [-0.25, -0.2) is 13.4 Å². The minimum atomic E-state index is -3.77. The summed E-state index contributed by atoms with van der Waals surface area (Å²) in [6.07, 6.45) is 5.03. The van der Waals surface area contributed by atoms with Crippen LogP contribution in [-0.4, -0.2) is 28.2 Å². The van der Waals surface area contributed by atoms with Crippen LogP contribution in [0.2, 0.25) is 5.02 Å². The third-order valence-electron chi connectivity index (χ3n) is 4.23. The summed E-state index contributed by atoms with van der Waals surface area (Å²) < 4.78 is 35.2. The first kappa shape index (κ1) is 19.9. The molecule has 4 aromatic rings. The quantitative estimate of drug-likeness (QED) is 0.481. The molecule has 30 heavy (non-hydrogen) atoms. The van der Waals surface area contributed by atoms with E-state index in [1.54, 1.807) is 78.7 Å². The molecule has 0 saturated heterocycles. The highest BCUT2D eigenvalue weighted by atomic mass is 35.5. The van der Waals surface area contributed by atoms with Gasteiger partial charge in [-0.2, -0.15) is 0 Å². The van der Waals surface area contributed by atoms with Gasteiger partial charge in [0.1, 0.15) is 12.1 Å². The molecule has 0 aliphatic rings. The van der Waals surface area contributed by atoms with Crippen molar-refractivity contribution in [2.75, 3.05) is 4.72 Å². The van der Waals surface area contributed by atoms with Crippen LogP contribution in [0, 0.1) is 6.92 Å². The maximum atomic E-state index is 12.7. The van der Waals surface area contributed by atoms with Crippen LogP contribution in [0.3, 0.4) is 0 Å². The summed E-state index contributed by atoms with van der Waals surface area (Å²) in [5.41, 5.74) is 0.882. The summed E-state index contributed by atoms with van der Waals surface area (Å²) in [5, 5.41) is 8.49. The second-order valence-corrected chi connectivity index (χ2v) is 8.35. The van der Waals surface area contributed by atoms with Gasteiger partial charge in [-0.15, -0.1) is 10.2 Å². The van der Waals surface area contributed by atoms with E-state index in [1.807, 2.05) is 0 Å². The van der Waals surface area contributed by atoms with E-state index in [9.17, 15) is 8.42 Å². The van der Waals surface area contributed by atoms with Gasteiger partial charge in [0, 0.05) is 29.2 Å². The number of hydrogen-bond donors (Lipinski definition) is 1. The average Bonchev–Trinajstić information content (AvgIpc) is 3.27. The van der Waals surface area contributed by atoms with E-state index < -0.39 is 10.0 Å². The smallest absolute Gasteiger partial charge is 0.262 e. The fourth-order valence-electron chi connectivity index (χ4n) is 2.70. The first-order valence-electron chi connectivity index (χ1n) is 8.80. The zero-order valence-corrected chi connectivity index (χ0v) is 17.3. The van der Waals surface area contributed by atoms with E-state index in [4.69, 9.17) is 16.3 Å². The van der Waals surface area contributed by atoms with Gasteiger partial charge in [0.05, 0.1) is 4.90 Å². The van der Waals surface area contributed by atoms with E-state index in [0.29, 0.717) is 33.7 Å². The second-order valence-electron chi connectivity index (χ2n) is 6.29. The lowest BCUT2D eigenvalue weighted by Crippen LogP contribution is -2.14. The molecule has 0 aliphatic carbocycles. The van der Waals surface area contributed by atoms with Crippen LogP contribution in [0.25, 0.3) is 5.82 Å². The van der Waals surface area contributed by atoms with Crippen molar-refractivity contribution in [2.45, 2.75) is 11.8 Å². The van der Waals surface area contributed by atoms with Crippen molar-refractivity contribution in [3.8, 4) is 17.4 Å². The van der Waals surface area contributed by atoms with Crippen molar-refractivity contribution >= 4 is 27.3 Å². The highest BCUT2D eigenvalue weighted by Crippen LogP contribution is 2.26. The van der Waals surface area contributed by atoms with Crippen molar-refractivity contribution in [1.29, 1.82) is 0 Å². The SMILES string of the molecule is Cc1c(Cl)cccc1S(=O)(=O)Nc1ccc(Oc2ccc(-n3ccnc3)nn2)cc1. The van der Waals surface area contributed by atoms with Gasteiger partial charge >= 0.3 is 0 Å². The first-order chi connectivity index (χ1) is 14.4. The molecule has 8 nitrogen and oxygen atoms in total. The maximum absolute atomic E-state index is 12.7. The van der Waals surface area contributed by atoms with E-state index in [2.05, 4.69) is 19.9 Å². The van der Waals surface area contributed by atoms with Crippen LogP contribution < -0.4 is 9.46 Å². The topological polar surface area (TPSA) is 99.0 Å². The van der Waals surface area contributed by atoms with Crippen molar-refractivity contribution < 1.29 is 13.2 Å². The molecule has 0 amide bonds. The van der Waals surface area contributed by atoms with Gasteiger partial charge in [0.15, 0.2) is 5.82 Å². The van der Waals surface area contributed by atoms with E-state index in [0.717, 1.165) is 0 Å². The zero-order valence-electron chi connectivity index (χ0n) is 15.7. The molecule has 1 N–H and O–H groups in total. The third kappa shape index (κ3) is 4.27. The Morgan fingerprint density at radius 1 is 1.03 bits per heavy atom. The Bertz CT molecular complexity index is 1260. The van der Waals surface area contributed by atoms with Crippen molar-refractivity contribution in [3.63, 3.8) is 0 Å². The number of ether oxygens (including phenoxy) is 1. The normalized spacial score (nSPS) is 11.3. The monoisotopic (exact) mass is 441 g/mol. The first-order valence-corrected chi connectivity index (χ1v) is 10.7. The number of nitrogens with one attached hydrogen (secondary N) is 1. The molecule has 0 aliphatic heterocycles. The lowest BCUT2D eigenvalue weighted by Gasteiger charge is -2.12. The van der Waals surface area contributed by atoms with Crippen LogP contribution >= 0.6 is 11.6 Å². The van der Waals surface area contributed by atoms with Crippen molar-refractivity contribution in [1.82, 2.24) is 19.7 Å². The van der Waals surface area contributed by atoms with Crippen molar-refractivity contribution in [2.24, 2.45) is 0 Å². The van der Waals surface area contributed by atoms with Crippen LogP contribution in [-0.2, 0) is 10.0 Å². The van der Waals surface area contributed by atoms with Crippen LogP contribution in [0.15, 0.2) is 78.2 Å². The summed E-state index contributed by atoms with van der Waals surface area (Å²) in [6.45, 7) is 1.66. The number of sulfonamides is 1. The molecule has 2 aromatic carbocycles. The Labute approximate surface area is 178 Å². The standard InChI is InChI=1S/C20H16ClN5O3S/c1-14-17(21)3-2-4-18(14)30(27,28)25-15-5-7-16(8-6-15)29-20-10-9-19(23-24-20)26-12-11-22-13-26/h2-13,25H,1H3. The van der Waals surface area contributed by atoms with Gasteiger partial charge < -0.3 is 4.74 Å². The molecule has 0 unspecified atom stereocenters. The molecule has 4 rings (SSSR count). The van der Waals surface area contributed by atoms with Gasteiger partial charge in [-0.1, -0.05) is 17.7 Å². The molecular formula is C20H16ClN5O3S. The van der Waals surface area contributed by atoms with E-state index >= 15 is 0 Å². The van der Waals surface area contributed by atoms with Crippen LogP contribution in [0.5, 0.6) is 11.6 Å². The summed E-state index contributed by atoms with van der Waals surface area (Å²) >= 11 is 6.04. The Morgan fingerprint density at radius 3 is 2.50 bits per heavy atom. The molecule has 2 aromatic heterocycles. The molecular weight excluding hydrogens is 426 g/mol. The molecule has 152 valence electrons.